The zero-order valence-electron chi connectivity index (χ0n) is 6.72. The molecular weight excluding hydrogens is 270 g/mol. The van der Waals surface area contributed by atoms with E-state index in [0.717, 1.165) is 4.47 Å². The Hall–Kier alpha value is -1.21. The van der Waals surface area contributed by atoms with Gasteiger partial charge in [0.05, 0.1) is 6.20 Å². The molecule has 0 saturated carbocycles. The van der Waals surface area contributed by atoms with Crippen LogP contribution in [0.15, 0.2) is 22.1 Å². The van der Waals surface area contributed by atoms with Crippen LogP contribution < -0.4 is 0 Å². The van der Waals surface area contributed by atoms with Gasteiger partial charge in [0, 0.05) is 9.85 Å². The van der Waals surface area contributed by atoms with Gasteiger partial charge in [0.25, 0.3) is 0 Å². The molecule has 2 aromatic rings. The quantitative estimate of drug-likeness (QED) is 0.906. The van der Waals surface area contributed by atoms with Crippen LogP contribution in [0.2, 0.25) is 0 Å². The third-order valence-corrected chi connectivity index (χ3v) is 3.20. The van der Waals surface area contributed by atoms with Crippen molar-refractivity contribution < 1.29 is 9.90 Å². The zero-order valence-corrected chi connectivity index (χ0v) is 9.12. The van der Waals surface area contributed by atoms with Crippen molar-refractivity contribution in [3.63, 3.8) is 0 Å². The molecule has 0 aliphatic carbocycles. The smallest absolute Gasteiger partial charge is 0.356 e. The Morgan fingerprint density at radius 3 is 3.00 bits per heavy atom. The second-order valence-corrected chi connectivity index (χ2v) is 4.24. The number of halogens is 1. The van der Waals surface area contributed by atoms with Crippen LogP contribution in [-0.2, 0) is 0 Å². The highest BCUT2D eigenvalue weighted by Crippen LogP contribution is 2.23. The number of hydrogen-bond acceptors (Lipinski definition) is 4. The number of thiophene rings is 1. The van der Waals surface area contributed by atoms with E-state index in [4.69, 9.17) is 5.11 Å². The van der Waals surface area contributed by atoms with E-state index in [1.54, 1.807) is 6.07 Å². The van der Waals surface area contributed by atoms with Crippen LogP contribution in [0.1, 0.15) is 10.5 Å². The summed E-state index contributed by atoms with van der Waals surface area (Å²) in [6.45, 7) is 0. The average Bonchev–Trinajstić information content (AvgIpc) is 2.70. The lowest BCUT2D eigenvalue weighted by Gasteiger charge is -1.96. The maximum absolute atomic E-state index is 10.8. The molecule has 0 atom stereocenters. The van der Waals surface area contributed by atoms with Gasteiger partial charge in [-0.3, -0.25) is 0 Å². The van der Waals surface area contributed by atoms with E-state index in [1.807, 2.05) is 5.38 Å². The third-order valence-electron chi connectivity index (χ3n) is 1.53. The van der Waals surface area contributed by atoms with Gasteiger partial charge >= 0.3 is 5.97 Å². The highest BCUT2D eigenvalue weighted by Gasteiger charge is 2.13. The van der Waals surface area contributed by atoms with Gasteiger partial charge in [-0.25, -0.2) is 4.79 Å². The molecule has 5 nitrogen and oxygen atoms in total. The molecule has 0 bridgehead atoms. The first kappa shape index (κ1) is 9.35. The molecule has 0 aromatic carbocycles. The maximum Gasteiger partial charge on any atom is 0.356 e. The number of aromatic carboxylic acids is 1. The lowest BCUT2D eigenvalue weighted by molar-refractivity contribution is 0.0687. The molecule has 2 heterocycles. The van der Waals surface area contributed by atoms with E-state index in [-0.39, 0.29) is 5.69 Å². The number of carbonyl (C=O) groups is 1. The Morgan fingerprint density at radius 1 is 1.64 bits per heavy atom. The Morgan fingerprint density at radius 2 is 2.43 bits per heavy atom. The van der Waals surface area contributed by atoms with Gasteiger partial charge in [0.1, 0.15) is 5.00 Å². The monoisotopic (exact) mass is 273 g/mol. The fourth-order valence-corrected chi connectivity index (χ4v) is 2.34. The summed E-state index contributed by atoms with van der Waals surface area (Å²) in [6, 6.07) is 1.78. The Labute approximate surface area is 91.1 Å². The van der Waals surface area contributed by atoms with E-state index in [9.17, 15) is 4.79 Å². The molecule has 0 amide bonds. The largest absolute Gasteiger partial charge is 0.476 e. The lowest BCUT2D eigenvalue weighted by atomic mass is 10.5. The molecule has 1 N–H and O–H groups in total. The fourth-order valence-electron chi connectivity index (χ4n) is 0.957. The standard InChI is InChI=1S/C7H4BrN3O2S/c8-4-1-6(14-3-4)11-5(7(12)13)2-9-10-11/h1-3H,(H,12,13). The first-order valence-electron chi connectivity index (χ1n) is 3.57. The van der Waals surface area contributed by atoms with Crippen molar-refractivity contribution in [3.05, 3.63) is 27.8 Å². The van der Waals surface area contributed by atoms with Crippen LogP contribution in [0.25, 0.3) is 5.00 Å². The summed E-state index contributed by atoms with van der Waals surface area (Å²) in [5, 5.41) is 18.6. The summed E-state index contributed by atoms with van der Waals surface area (Å²) in [5.41, 5.74) is 0.0550. The maximum atomic E-state index is 10.8. The number of hydrogen-bond donors (Lipinski definition) is 1. The minimum Gasteiger partial charge on any atom is -0.476 e. The molecule has 0 radical (unpaired) electrons. The number of carboxylic acids is 1. The molecule has 0 aliphatic rings. The third kappa shape index (κ3) is 1.55. The Kier molecular flexibility index (Phi) is 2.34. The van der Waals surface area contributed by atoms with Crippen molar-refractivity contribution in [2.24, 2.45) is 0 Å². The number of nitrogens with zero attached hydrogens (tertiary/aromatic N) is 3. The Balaban J connectivity index is 2.51. The molecule has 0 fully saturated rings. The fraction of sp³-hybridized carbons (Fsp3) is 0. The summed E-state index contributed by atoms with van der Waals surface area (Å²) >= 11 is 4.67. The molecule has 7 heteroatoms. The van der Waals surface area contributed by atoms with Gasteiger partial charge in [-0.05, 0) is 22.0 Å². The van der Waals surface area contributed by atoms with Crippen molar-refractivity contribution >= 4 is 33.2 Å². The van der Waals surface area contributed by atoms with E-state index < -0.39 is 5.97 Å². The van der Waals surface area contributed by atoms with Crippen molar-refractivity contribution in [2.45, 2.75) is 0 Å². The lowest BCUT2D eigenvalue weighted by Crippen LogP contribution is -2.06. The number of rotatable bonds is 2. The van der Waals surface area contributed by atoms with E-state index >= 15 is 0 Å². The van der Waals surface area contributed by atoms with Gasteiger partial charge in [0.2, 0.25) is 0 Å². The van der Waals surface area contributed by atoms with Crippen LogP contribution in [0.3, 0.4) is 0 Å². The highest BCUT2D eigenvalue weighted by atomic mass is 79.9. The number of carboxylic acid groups (broad SMARTS) is 1. The van der Waals surface area contributed by atoms with Gasteiger partial charge in [-0.1, -0.05) is 5.21 Å². The first-order chi connectivity index (χ1) is 6.68. The van der Waals surface area contributed by atoms with Crippen molar-refractivity contribution in [1.82, 2.24) is 15.0 Å². The molecule has 0 saturated heterocycles. The van der Waals surface area contributed by atoms with E-state index in [0.29, 0.717) is 5.00 Å². The zero-order chi connectivity index (χ0) is 10.1. The van der Waals surface area contributed by atoms with Gasteiger partial charge in [-0.15, -0.1) is 16.4 Å². The van der Waals surface area contributed by atoms with Crippen LogP contribution in [0, 0.1) is 0 Å². The normalized spacial score (nSPS) is 10.4. The van der Waals surface area contributed by atoms with Gasteiger partial charge < -0.3 is 5.11 Å². The molecule has 0 aliphatic heterocycles. The molecule has 0 unspecified atom stereocenters. The van der Waals surface area contributed by atoms with Crippen LogP contribution in [-0.4, -0.2) is 26.1 Å². The van der Waals surface area contributed by atoms with E-state index in [1.165, 1.54) is 22.2 Å². The minimum absolute atomic E-state index is 0.0550. The van der Waals surface area contributed by atoms with Crippen LogP contribution in [0.5, 0.6) is 0 Å². The average molecular weight is 274 g/mol. The second kappa shape index (κ2) is 3.50. The Bertz CT molecular complexity index is 479. The predicted octanol–water partition coefficient (Wildman–Crippen LogP) is 1.79. The molecule has 2 aromatic heterocycles. The summed E-state index contributed by atoms with van der Waals surface area (Å²) in [6.07, 6.45) is 1.22. The molecule has 72 valence electrons. The van der Waals surface area contributed by atoms with Crippen molar-refractivity contribution in [2.75, 3.05) is 0 Å². The molecular formula is C7H4BrN3O2S. The number of aromatic nitrogens is 3. The second-order valence-electron chi connectivity index (χ2n) is 2.44. The molecule has 2 rings (SSSR count). The van der Waals surface area contributed by atoms with Crippen LogP contribution in [0.4, 0.5) is 0 Å². The van der Waals surface area contributed by atoms with E-state index in [2.05, 4.69) is 26.2 Å². The van der Waals surface area contributed by atoms with Crippen molar-refractivity contribution in [1.29, 1.82) is 0 Å². The van der Waals surface area contributed by atoms with Gasteiger partial charge in [0.15, 0.2) is 5.69 Å². The molecule has 0 spiro atoms. The van der Waals surface area contributed by atoms with Crippen LogP contribution >= 0.6 is 27.3 Å². The first-order valence-corrected chi connectivity index (χ1v) is 5.24. The molecule has 14 heavy (non-hydrogen) atoms. The van der Waals surface area contributed by atoms with Crippen molar-refractivity contribution in [3.8, 4) is 5.00 Å². The SMILES string of the molecule is O=C(O)c1cnnn1-c1cc(Br)cs1. The van der Waals surface area contributed by atoms with Gasteiger partial charge in [-0.2, -0.15) is 4.68 Å². The summed E-state index contributed by atoms with van der Waals surface area (Å²) in [5.74, 6) is -1.04. The summed E-state index contributed by atoms with van der Waals surface area (Å²) in [7, 11) is 0. The summed E-state index contributed by atoms with van der Waals surface area (Å²) < 4.78 is 2.18. The predicted molar refractivity (Wildman–Crippen MR) is 53.9 cm³/mol. The highest BCUT2D eigenvalue weighted by molar-refractivity contribution is 9.10. The minimum atomic E-state index is -1.04. The topological polar surface area (TPSA) is 68.0 Å². The summed E-state index contributed by atoms with van der Waals surface area (Å²) in [4.78, 5) is 10.8.